The minimum Gasteiger partial charge on any atom is -0.373 e. The van der Waals surface area contributed by atoms with Gasteiger partial charge in [0.1, 0.15) is 0 Å². The Morgan fingerprint density at radius 3 is 2.74 bits per heavy atom. The summed E-state index contributed by atoms with van der Waals surface area (Å²) in [7, 11) is 1.87. The molecule has 0 amide bonds. The first-order chi connectivity index (χ1) is 16.6. The monoisotopic (exact) mass is 454 g/mol. The van der Waals surface area contributed by atoms with E-state index < -0.39 is 0 Å². The predicted molar refractivity (Wildman–Crippen MR) is 125 cm³/mol. The summed E-state index contributed by atoms with van der Waals surface area (Å²) in [6, 6.07) is 12.4. The molecule has 3 aromatic heterocycles. The van der Waals surface area contributed by atoms with Gasteiger partial charge >= 0.3 is 0 Å². The topological polar surface area (TPSA) is 115 Å². The summed E-state index contributed by atoms with van der Waals surface area (Å²) in [5, 5.41) is 17.9. The molecule has 170 valence electrons. The van der Waals surface area contributed by atoms with Crippen molar-refractivity contribution in [1.29, 1.82) is 5.26 Å². The van der Waals surface area contributed by atoms with Gasteiger partial charge in [-0.25, -0.2) is 14.6 Å². The number of nitriles is 1. The lowest BCUT2D eigenvalue weighted by molar-refractivity contribution is 0.0260. The Morgan fingerprint density at radius 2 is 1.97 bits per heavy atom. The largest absolute Gasteiger partial charge is 0.373 e. The molecular formula is C24H22N8O2. The van der Waals surface area contributed by atoms with E-state index in [9.17, 15) is 4.79 Å². The molecule has 4 heterocycles. The Morgan fingerprint density at radius 1 is 1.12 bits per heavy atom. The molecule has 0 unspecified atom stereocenters. The second-order valence-electron chi connectivity index (χ2n) is 8.04. The Kier molecular flexibility index (Phi) is 5.84. The van der Waals surface area contributed by atoms with Crippen molar-refractivity contribution in [2.75, 3.05) is 24.6 Å². The Balaban J connectivity index is 1.31. The lowest BCUT2D eigenvalue weighted by Crippen LogP contribution is -2.46. The van der Waals surface area contributed by atoms with E-state index in [1.165, 1.54) is 10.7 Å². The van der Waals surface area contributed by atoms with Crippen LogP contribution in [-0.2, 0) is 18.3 Å². The maximum absolute atomic E-state index is 12.5. The van der Waals surface area contributed by atoms with Crippen LogP contribution in [0.4, 0.5) is 5.95 Å². The Bertz CT molecular complexity index is 1400. The van der Waals surface area contributed by atoms with E-state index in [1.807, 2.05) is 24.2 Å². The van der Waals surface area contributed by atoms with E-state index in [2.05, 4.69) is 26.2 Å². The molecule has 0 N–H and O–H groups in total. The standard InChI is InChI=1S/C24H22N8O2/c1-30-14-20(13-28-30)19-11-26-24(27-12-19)31-7-8-34-21(15-31)16-32-23(33)6-5-22(29-32)18-4-2-3-17(9-18)10-25/h2-6,9,11-14,21H,7-8,15-16H2,1H3/t21-/m0/s1. The molecule has 0 saturated carbocycles. The molecule has 0 spiro atoms. The van der Waals surface area contributed by atoms with E-state index in [0.717, 1.165) is 16.7 Å². The van der Waals surface area contributed by atoms with Crippen molar-refractivity contribution in [3.05, 3.63) is 77.1 Å². The van der Waals surface area contributed by atoms with Gasteiger partial charge in [0, 0.05) is 61.5 Å². The summed E-state index contributed by atoms with van der Waals surface area (Å²) in [4.78, 5) is 23.6. The molecule has 1 saturated heterocycles. The van der Waals surface area contributed by atoms with Crippen molar-refractivity contribution in [3.63, 3.8) is 0 Å². The summed E-state index contributed by atoms with van der Waals surface area (Å²) in [5.41, 5.74) is 3.59. The summed E-state index contributed by atoms with van der Waals surface area (Å²) in [6.45, 7) is 1.99. The first-order valence-electron chi connectivity index (χ1n) is 10.9. The summed E-state index contributed by atoms with van der Waals surface area (Å²) in [6.07, 6.45) is 7.02. The van der Waals surface area contributed by atoms with Gasteiger partial charge in [-0.1, -0.05) is 12.1 Å². The van der Waals surface area contributed by atoms with Crippen LogP contribution in [0.3, 0.4) is 0 Å². The van der Waals surface area contributed by atoms with E-state index in [-0.39, 0.29) is 11.7 Å². The molecular weight excluding hydrogens is 432 g/mol. The second-order valence-corrected chi connectivity index (χ2v) is 8.04. The van der Waals surface area contributed by atoms with Crippen LogP contribution in [0.5, 0.6) is 0 Å². The second kappa shape index (κ2) is 9.25. The average Bonchev–Trinajstić information content (AvgIpc) is 3.32. The Hall–Kier alpha value is -4.36. The number of aryl methyl sites for hydroxylation is 1. The minimum absolute atomic E-state index is 0.210. The molecule has 4 aromatic rings. The van der Waals surface area contributed by atoms with Crippen LogP contribution >= 0.6 is 0 Å². The quantitative estimate of drug-likeness (QED) is 0.449. The van der Waals surface area contributed by atoms with Gasteiger partial charge in [-0.3, -0.25) is 9.48 Å². The zero-order chi connectivity index (χ0) is 23.5. The van der Waals surface area contributed by atoms with Crippen molar-refractivity contribution in [3.8, 4) is 28.5 Å². The lowest BCUT2D eigenvalue weighted by atomic mass is 10.1. The molecule has 1 aliphatic rings. The SMILES string of the molecule is Cn1cc(-c2cnc(N3CCO[C@H](Cn4nc(-c5cccc(C#N)c5)ccc4=O)C3)nc2)cn1. The van der Waals surface area contributed by atoms with Crippen molar-refractivity contribution in [2.24, 2.45) is 7.05 Å². The van der Waals surface area contributed by atoms with E-state index in [4.69, 9.17) is 10.00 Å². The van der Waals surface area contributed by atoms with Crippen molar-refractivity contribution in [1.82, 2.24) is 29.5 Å². The molecule has 0 aliphatic carbocycles. The van der Waals surface area contributed by atoms with Crippen LogP contribution in [0.25, 0.3) is 22.4 Å². The first kappa shape index (κ1) is 21.5. The molecule has 0 radical (unpaired) electrons. The number of hydrogen-bond acceptors (Lipinski definition) is 8. The first-order valence-corrected chi connectivity index (χ1v) is 10.9. The van der Waals surface area contributed by atoms with Crippen LogP contribution in [-0.4, -0.2) is 55.3 Å². The van der Waals surface area contributed by atoms with Gasteiger partial charge in [0.25, 0.3) is 5.56 Å². The van der Waals surface area contributed by atoms with Gasteiger partial charge in [0.05, 0.1) is 42.8 Å². The number of benzene rings is 1. The zero-order valence-corrected chi connectivity index (χ0v) is 18.6. The third-order valence-corrected chi connectivity index (χ3v) is 5.63. The van der Waals surface area contributed by atoms with Crippen LogP contribution in [0.2, 0.25) is 0 Å². The smallest absolute Gasteiger partial charge is 0.266 e. The van der Waals surface area contributed by atoms with Gasteiger partial charge < -0.3 is 9.64 Å². The number of hydrogen-bond donors (Lipinski definition) is 0. The van der Waals surface area contributed by atoms with Gasteiger partial charge in [0.15, 0.2) is 0 Å². The number of ether oxygens (including phenoxy) is 1. The highest BCUT2D eigenvalue weighted by Crippen LogP contribution is 2.20. The molecule has 34 heavy (non-hydrogen) atoms. The highest BCUT2D eigenvalue weighted by Gasteiger charge is 2.23. The van der Waals surface area contributed by atoms with Crippen molar-refractivity contribution >= 4 is 5.95 Å². The number of rotatable bonds is 5. The maximum atomic E-state index is 12.5. The molecule has 1 fully saturated rings. The number of aromatic nitrogens is 6. The third kappa shape index (κ3) is 4.55. The Labute approximate surface area is 195 Å². The number of nitrogens with zero attached hydrogens (tertiary/aromatic N) is 8. The highest BCUT2D eigenvalue weighted by molar-refractivity contribution is 5.61. The van der Waals surface area contributed by atoms with Gasteiger partial charge in [-0.2, -0.15) is 15.5 Å². The average molecular weight is 454 g/mol. The fourth-order valence-electron chi connectivity index (χ4n) is 3.89. The van der Waals surface area contributed by atoms with Crippen molar-refractivity contribution < 1.29 is 4.74 Å². The van der Waals surface area contributed by atoms with Gasteiger partial charge in [0.2, 0.25) is 5.95 Å². The molecule has 1 atom stereocenters. The minimum atomic E-state index is -0.249. The molecule has 10 heteroatoms. The zero-order valence-electron chi connectivity index (χ0n) is 18.6. The van der Waals surface area contributed by atoms with Gasteiger partial charge in [-0.15, -0.1) is 0 Å². The molecule has 5 rings (SSSR count). The highest BCUT2D eigenvalue weighted by atomic mass is 16.5. The number of morpholine rings is 1. The predicted octanol–water partition coefficient (Wildman–Crippen LogP) is 1.88. The fraction of sp³-hybridized carbons (Fsp3) is 0.250. The van der Waals surface area contributed by atoms with Crippen LogP contribution in [0, 0.1) is 11.3 Å². The molecule has 10 nitrogen and oxygen atoms in total. The molecule has 1 aliphatic heterocycles. The van der Waals surface area contributed by atoms with Gasteiger partial charge in [-0.05, 0) is 18.2 Å². The summed E-state index contributed by atoms with van der Waals surface area (Å²) >= 11 is 0. The molecule has 0 bridgehead atoms. The summed E-state index contributed by atoms with van der Waals surface area (Å²) in [5.74, 6) is 0.614. The van der Waals surface area contributed by atoms with E-state index in [0.29, 0.717) is 43.4 Å². The number of anilines is 1. The van der Waals surface area contributed by atoms with Crippen LogP contribution in [0.1, 0.15) is 5.56 Å². The maximum Gasteiger partial charge on any atom is 0.266 e. The lowest BCUT2D eigenvalue weighted by Gasteiger charge is -2.33. The van der Waals surface area contributed by atoms with Crippen LogP contribution < -0.4 is 10.5 Å². The van der Waals surface area contributed by atoms with Crippen LogP contribution in [0.15, 0.2) is 66.0 Å². The third-order valence-electron chi connectivity index (χ3n) is 5.63. The fourth-order valence-corrected chi connectivity index (χ4v) is 3.89. The van der Waals surface area contributed by atoms with E-state index in [1.54, 1.807) is 47.5 Å². The summed E-state index contributed by atoms with van der Waals surface area (Å²) < 4.78 is 9.06. The normalized spacial score (nSPS) is 15.8. The molecule has 1 aromatic carbocycles. The van der Waals surface area contributed by atoms with E-state index >= 15 is 0 Å². The van der Waals surface area contributed by atoms with Crippen molar-refractivity contribution in [2.45, 2.75) is 12.6 Å².